The van der Waals surface area contributed by atoms with Gasteiger partial charge in [-0.3, -0.25) is 14.9 Å². The number of carbonyl (C=O) groups is 1. The van der Waals surface area contributed by atoms with Crippen LogP contribution in [-0.4, -0.2) is 34.9 Å². The Labute approximate surface area is 121 Å². The van der Waals surface area contributed by atoms with Gasteiger partial charge in [0, 0.05) is 30.2 Å². The molecule has 0 aromatic heterocycles. The minimum Gasteiger partial charge on any atom is -0.334 e. The van der Waals surface area contributed by atoms with Crippen molar-refractivity contribution >= 4 is 23.2 Å². The minimum absolute atomic E-state index is 0.0495. The lowest BCUT2D eigenvalue weighted by molar-refractivity contribution is -0.385. The Hall–Kier alpha value is -1.66. The molecule has 1 saturated heterocycles. The lowest BCUT2D eigenvalue weighted by Crippen LogP contribution is -2.47. The topological polar surface area (TPSA) is 89.5 Å². The van der Waals surface area contributed by atoms with Crippen molar-refractivity contribution in [2.24, 2.45) is 5.73 Å². The monoisotopic (exact) mass is 297 g/mol. The maximum Gasteiger partial charge on any atom is 0.283 e. The molecule has 1 aliphatic heterocycles. The van der Waals surface area contributed by atoms with E-state index in [0.717, 1.165) is 19.3 Å². The lowest BCUT2D eigenvalue weighted by atomic mass is 10.0. The number of likely N-dealkylation sites (tertiary alicyclic amines) is 1. The van der Waals surface area contributed by atoms with Gasteiger partial charge >= 0.3 is 0 Å². The van der Waals surface area contributed by atoms with Gasteiger partial charge in [-0.1, -0.05) is 11.6 Å². The SMILES string of the molecule is NCC1CCCCN1C(=O)c1ccc(Cl)cc1[N+](=O)[O-]. The van der Waals surface area contributed by atoms with E-state index in [9.17, 15) is 14.9 Å². The van der Waals surface area contributed by atoms with Gasteiger partial charge < -0.3 is 10.6 Å². The summed E-state index contributed by atoms with van der Waals surface area (Å²) in [6, 6.07) is 4.05. The van der Waals surface area contributed by atoms with Crippen LogP contribution in [0.3, 0.4) is 0 Å². The van der Waals surface area contributed by atoms with E-state index in [4.69, 9.17) is 17.3 Å². The van der Waals surface area contributed by atoms with Gasteiger partial charge in [-0.2, -0.15) is 0 Å². The molecule has 2 rings (SSSR count). The third-order valence-electron chi connectivity index (χ3n) is 3.55. The first-order chi connectivity index (χ1) is 9.54. The van der Waals surface area contributed by atoms with Crippen molar-refractivity contribution in [2.45, 2.75) is 25.3 Å². The number of benzene rings is 1. The van der Waals surface area contributed by atoms with Crippen LogP contribution in [0.5, 0.6) is 0 Å². The van der Waals surface area contributed by atoms with Crippen LogP contribution < -0.4 is 5.73 Å². The number of carbonyl (C=O) groups excluding carboxylic acids is 1. The van der Waals surface area contributed by atoms with Gasteiger partial charge in [-0.15, -0.1) is 0 Å². The van der Waals surface area contributed by atoms with Crippen molar-refractivity contribution in [3.05, 3.63) is 38.9 Å². The second kappa shape index (κ2) is 6.19. The summed E-state index contributed by atoms with van der Waals surface area (Å²) in [5.41, 5.74) is 5.49. The number of rotatable bonds is 3. The van der Waals surface area contributed by atoms with Crippen LogP contribution in [0, 0.1) is 10.1 Å². The summed E-state index contributed by atoms with van der Waals surface area (Å²) in [4.78, 5) is 24.6. The van der Waals surface area contributed by atoms with Gasteiger partial charge in [0.15, 0.2) is 0 Å². The average Bonchev–Trinajstić information content (AvgIpc) is 2.46. The fourth-order valence-corrected chi connectivity index (χ4v) is 2.67. The van der Waals surface area contributed by atoms with E-state index in [1.807, 2.05) is 0 Å². The zero-order valence-corrected chi connectivity index (χ0v) is 11.7. The van der Waals surface area contributed by atoms with E-state index in [2.05, 4.69) is 0 Å². The largest absolute Gasteiger partial charge is 0.334 e. The van der Waals surface area contributed by atoms with E-state index in [0.29, 0.717) is 13.1 Å². The second-order valence-corrected chi connectivity index (χ2v) is 5.24. The molecule has 108 valence electrons. The highest BCUT2D eigenvalue weighted by Crippen LogP contribution is 2.27. The molecule has 1 aromatic carbocycles. The van der Waals surface area contributed by atoms with Crippen LogP contribution >= 0.6 is 11.6 Å². The van der Waals surface area contributed by atoms with E-state index >= 15 is 0 Å². The maximum atomic E-state index is 12.5. The Kier molecular flexibility index (Phi) is 4.57. The van der Waals surface area contributed by atoms with E-state index in [-0.39, 0.29) is 28.2 Å². The van der Waals surface area contributed by atoms with Crippen molar-refractivity contribution in [3.8, 4) is 0 Å². The molecule has 20 heavy (non-hydrogen) atoms. The standard InChI is InChI=1S/C13H16ClN3O3/c14-9-4-5-11(12(7-9)17(19)20)13(18)16-6-2-1-3-10(16)8-15/h4-5,7,10H,1-3,6,8,15H2. The molecule has 1 heterocycles. The van der Waals surface area contributed by atoms with Gasteiger partial charge in [0.1, 0.15) is 5.56 Å². The van der Waals surface area contributed by atoms with Crippen LogP contribution in [0.25, 0.3) is 0 Å². The first-order valence-corrected chi connectivity index (χ1v) is 6.87. The predicted molar refractivity (Wildman–Crippen MR) is 75.8 cm³/mol. The van der Waals surface area contributed by atoms with Crippen LogP contribution in [0.15, 0.2) is 18.2 Å². The molecule has 0 bridgehead atoms. The molecule has 0 spiro atoms. The number of amides is 1. The van der Waals surface area contributed by atoms with Crippen LogP contribution in [0.1, 0.15) is 29.6 Å². The maximum absolute atomic E-state index is 12.5. The van der Waals surface area contributed by atoms with Crippen molar-refractivity contribution < 1.29 is 9.72 Å². The number of hydrogen-bond donors (Lipinski definition) is 1. The van der Waals surface area contributed by atoms with Gasteiger partial charge in [-0.25, -0.2) is 0 Å². The molecule has 0 aliphatic carbocycles. The molecule has 1 unspecified atom stereocenters. The fourth-order valence-electron chi connectivity index (χ4n) is 2.50. The molecule has 1 aliphatic rings. The molecule has 0 radical (unpaired) electrons. The summed E-state index contributed by atoms with van der Waals surface area (Å²) < 4.78 is 0. The summed E-state index contributed by atoms with van der Waals surface area (Å²) in [5, 5.41) is 11.3. The third-order valence-corrected chi connectivity index (χ3v) is 3.78. The van der Waals surface area contributed by atoms with E-state index in [1.165, 1.54) is 18.2 Å². The first-order valence-electron chi connectivity index (χ1n) is 6.49. The summed E-state index contributed by atoms with van der Waals surface area (Å²) in [6.45, 7) is 0.952. The normalized spacial score (nSPS) is 18.9. The van der Waals surface area contributed by atoms with Crippen molar-refractivity contribution in [2.75, 3.05) is 13.1 Å². The lowest BCUT2D eigenvalue weighted by Gasteiger charge is -2.35. The number of nitro benzene ring substituents is 1. The molecule has 1 aromatic rings. The highest BCUT2D eigenvalue weighted by molar-refractivity contribution is 6.31. The van der Waals surface area contributed by atoms with Crippen molar-refractivity contribution in [1.82, 2.24) is 4.90 Å². The number of hydrogen-bond acceptors (Lipinski definition) is 4. The first kappa shape index (κ1) is 14.7. The molecule has 1 fully saturated rings. The number of piperidine rings is 1. The summed E-state index contributed by atoms with van der Waals surface area (Å²) in [5.74, 6) is -0.344. The molecule has 1 atom stereocenters. The molecular formula is C13H16ClN3O3. The Balaban J connectivity index is 2.35. The molecule has 7 heteroatoms. The number of nitro groups is 1. The minimum atomic E-state index is -0.583. The van der Waals surface area contributed by atoms with Gasteiger partial charge in [0.25, 0.3) is 11.6 Å². The highest BCUT2D eigenvalue weighted by atomic mass is 35.5. The average molecular weight is 298 g/mol. The summed E-state index contributed by atoms with van der Waals surface area (Å²) >= 11 is 5.76. The molecule has 2 N–H and O–H groups in total. The number of nitrogens with zero attached hydrogens (tertiary/aromatic N) is 2. The highest BCUT2D eigenvalue weighted by Gasteiger charge is 2.30. The second-order valence-electron chi connectivity index (χ2n) is 4.80. The zero-order chi connectivity index (χ0) is 14.7. The van der Waals surface area contributed by atoms with E-state index in [1.54, 1.807) is 4.90 Å². The molecular weight excluding hydrogens is 282 g/mol. The Morgan fingerprint density at radius 1 is 1.50 bits per heavy atom. The Bertz CT molecular complexity index is 536. The van der Waals surface area contributed by atoms with Crippen molar-refractivity contribution in [1.29, 1.82) is 0 Å². The Morgan fingerprint density at radius 2 is 2.25 bits per heavy atom. The smallest absolute Gasteiger partial charge is 0.283 e. The summed E-state index contributed by atoms with van der Waals surface area (Å²) in [6.07, 6.45) is 2.75. The number of halogens is 1. The third kappa shape index (κ3) is 2.91. The van der Waals surface area contributed by atoms with Gasteiger partial charge in [0.05, 0.1) is 4.92 Å². The van der Waals surface area contributed by atoms with Gasteiger partial charge in [0.2, 0.25) is 0 Å². The van der Waals surface area contributed by atoms with Crippen LogP contribution in [0.4, 0.5) is 5.69 Å². The molecule has 1 amide bonds. The van der Waals surface area contributed by atoms with Crippen LogP contribution in [0.2, 0.25) is 5.02 Å². The zero-order valence-electron chi connectivity index (χ0n) is 10.9. The predicted octanol–water partition coefficient (Wildman–Crippen LogP) is 2.20. The fraction of sp³-hybridized carbons (Fsp3) is 0.462. The van der Waals surface area contributed by atoms with Crippen molar-refractivity contribution in [3.63, 3.8) is 0 Å². The van der Waals surface area contributed by atoms with E-state index < -0.39 is 4.92 Å². The Morgan fingerprint density at radius 3 is 2.90 bits per heavy atom. The molecule has 6 nitrogen and oxygen atoms in total. The quantitative estimate of drug-likeness (QED) is 0.684. The molecule has 0 saturated carbocycles. The van der Waals surface area contributed by atoms with Gasteiger partial charge in [-0.05, 0) is 31.4 Å². The van der Waals surface area contributed by atoms with Crippen LogP contribution in [-0.2, 0) is 0 Å². The number of nitrogens with two attached hydrogens (primary N) is 1. The summed E-state index contributed by atoms with van der Waals surface area (Å²) in [7, 11) is 0.